The Bertz CT molecular complexity index is 1070. The van der Waals surface area contributed by atoms with Gasteiger partial charge in [-0.25, -0.2) is 0 Å². The lowest BCUT2D eigenvalue weighted by Crippen LogP contribution is -2.44. The smallest absolute Gasteiger partial charge is 0.410 e. The van der Waals surface area contributed by atoms with E-state index in [0.29, 0.717) is 17.6 Å². The van der Waals surface area contributed by atoms with Crippen LogP contribution >= 0.6 is 22.9 Å². The van der Waals surface area contributed by atoms with Gasteiger partial charge in [-0.1, -0.05) is 0 Å². The van der Waals surface area contributed by atoms with Gasteiger partial charge in [-0.3, -0.25) is 4.79 Å². The average Bonchev–Trinajstić information content (AvgIpc) is 3.13. The van der Waals surface area contributed by atoms with Gasteiger partial charge < -0.3 is 15.4 Å². The summed E-state index contributed by atoms with van der Waals surface area (Å²) in [6, 6.07) is 13.0. The molecule has 1 unspecified atom stereocenters. The van der Waals surface area contributed by atoms with Crippen molar-refractivity contribution in [3.63, 3.8) is 0 Å². The van der Waals surface area contributed by atoms with Crippen LogP contribution in [0.3, 0.4) is 0 Å². The van der Waals surface area contributed by atoms with Crippen LogP contribution in [-0.2, 0) is 4.79 Å². The molecule has 0 radical (unpaired) electrons. The van der Waals surface area contributed by atoms with Crippen LogP contribution in [-0.4, -0.2) is 31.5 Å². The Labute approximate surface area is 191 Å². The molecule has 0 saturated heterocycles. The highest BCUT2D eigenvalue weighted by atomic mass is 35.5. The topological polar surface area (TPSA) is 84.2 Å². The summed E-state index contributed by atoms with van der Waals surface area (Å²) in [6.07, 6.45) is 0. The number of anilines is 1. The molecule has 3 rings (SSSR count). The van der Waals surface area contributed by atoms with Crippen LogP contribution in [0.2, 0.25) is 0 Å². The predicted octanol–water partition coefficient (Wildman–Crippen LogP) is 5.11. The number of primary amides is 1. The summed E-state index contributed by atoms with van der Waals surface area (Å²) in [7, 11) is 0. The zero-order valence-electron chi connectivity index (χ0n) is 17.9. The Hall–Kier alpha value is -2.71. The van der Waals surface area contributed by atoms with Crippen molar-refractivity contribution in [1.29, 1.82) is 0 Å². The Balaban J connectivity index is 1.94. The third kappa shape index (κ3) is 5.32. The number of fused-ring (bicyclic) bond motifs is 1. The number of nitrogens with two attached hydrogens (primary N) is 1. The standard InChI is InChI=1S/C22H26ClN5O2S/c1-4-27(13-12-23)17-8-6-16(7-9-17)25-26-22-28(15(3)21(24)29)19-11-10-18(30-5-2)14-20(19)31-22/h6-11,14-15H,4-5,12-13H2,1-3H3,(H-,24,29)/p+1. The first-order valence-electron chi connectivity index (χ1n) is 10.2. The van der Waals surface area contributed by atoms with Gasteiger partial charge in [0, 0.05) is 30.7 Å². The first-order chi connectivity index (χ1) is 15.0. The van der Waals surface area contributed by atoms with Gasteiger partial charge in [-0.15, -0.1) is 11.6 Å². The summed E-state index contributed by atoms with van der Waals surface area (Å²) in [5.41, 5.74) is 8.26. The van der Waals surface area contributed by atoms with Crippen molar-refractivity contribution in [2.45, 2.75) is 26.8 Å². The number of aromatic nitrogens is 1. The van der Waals surface area contributed by atoms with Crippen LogP contribution < -0.4 is 19.9 Å². The molecule has 2 aromatic carbocycles. The maximum atomic E-state index is 11.9. The minimum Gasteiger partial charge on any atom is -0.494 e. The molecule has 1 heterocycles. The molecule has 31 heavy (non-hydrogen) atoms. The number of carbonyl (C=O) groups excluding carboxylic acids is 1. The van der Waals surface area contributed by atoms with E-state index in [-0.39, 0.29) is 0 Å². The average molecular weight is 461 g/mol. The molecule has 7 nitrogen and oxygen atoms in total. The maximum absolute atomic E-state index is 11.9. The fourth-order valence-electron chi connectivity index (χ4n) is 3.25. The lowest BCUT2D eigenvalue weighted by molar-refractivity contribution is -0.664. The first-order valence-corrected chi connectivity index (χ1v) is 11.6. The fourth-order valence-corrected chi connectivity index (χ4v) is 4.54. The van der Waals surface area contributed by atoms with Crippen molar-refractivity contribution in [1.82, 2.24) is 0 Å². The van der Waals surface area contributed by atoms with E-state index in [4.69, 9.17) is 22.1 Å². The van der Waals surface area contributed by atoms with Gasteiger partial charge in [-0.05, 0) is 73.6 Å². The first kappa shape index (κ1) is 23.0. The molecule has 0 aliphatic rings. The zero-order valence-corrected chi connectivity index (χ0v) is 19.5. The van der Waals surface area contributed by atoms with E-state index in [0.717, 1.165) is 40.4 Å². The van der Waals surface area contributed by atoms with Crippen molar-refractivity contribution in [3.8, 4) is 5.75 Å². The Morgan fingerprint density at radius 2 is 1.97 bits per heavy atom. The molecule has 3 aromatic rings. The molecule has 0 aliphatic carbocycles. The normalized spacial score (nSPS) is 12.4. The third-order valence-electron chi connectivity index (χ3n) is 4.91. The molecule has 164 valence electrons. The number of amides is 1. The molecule has 0 bridgehead atoms. The second-order valence-corrected chi connectivity index (χ2v) is 8.27. The zero-order chi connectivity index (χ0) is 22.4. The number of halogens is 1. The largest absolute Gasteiger partial charge is 0.494 e. The van der Waals surface area contributed by atoms with E-state index in [1.807, 2.05) is 54.0 Å². The van der Waals surface area contributed by atoms with Gasteiger partial charge in [-0.2, -0.15) is 4.57 Å². The van der Waals surface area contributed by atoms with Gasteiger partial charge in [0.1, 0.15) is 17.0 Å². The quantitative estimate of drug-likeness (QED) is 0.259. The molecule has 0 fully saturated rings. The van der Waals surface area contributed by atoms with Gasteiger partial charge in [0.25, 0.3) is 5.91 Å². The fraction of sp³-hybridized carbons (Fsp3) is 0.364. The Kier molecular flexibility index (Phi) is 7.81. The van der Waals surface area contributed by atoms with E-state index < -0.39 is 11.9 Å². The van der Waals surface area contributed by atoms with E-state index in [1.165, 1.54) is 11.3 Å². The van der Waals surface area contributed by atoms with Crippen LogP contribution in [0.1, 0.15) is 26.8 Å². The summed E-state index contributed by atoms with van der Waals surface area (Å²) >= 11 is 7.32. The van der Waals surface area contributed by atoms with Crippen molar-refractivity contribution in [3.05, 3.63) is 42.5 Å². The molecule has 1 aromatic heterocycles. The monoisotopic (exact) mass is 460 g/mol. The summed E-state index contributed by atoms with van der Waals surface area (Å²) in [5, 5.41) is 9.43. The molecule has 1 atom stereocenters. The van der Waals surface area contributed by atoms with Crippen LogP contribution in [0, 0.1) is 0 Å². The van der Waals surface area contributed by atoms with Crippen molar-refractivity contribution >= 4 is 55.6 Å². The van der Waals surface area contributed by atoms with Gasteiger partial charge in [0.05, 0.1) is 16.4 Å². The van der Waals surface area contributed by atoms with Gasteiger partial charge in [0.2, 0.25) is 0 Å². The lowest BCUT2D eigenvalue weighted by Gasteiger charge is -2.21. The number of hydrogen-bond acceptors (Lipinski definition) is 6. The Morgan fingerprint density at radius 3 is 2.58 bits per heavy atom. The second kappa shape index (κ2) is 10.5. The van der Waals surface area contributed by atoms with E-state index in [1.54, 1.807) is 6.92 Å². The van der Waals surface area contributed by atoms with Crippen LogP contribution in [0.4, 0.5) is 16.5 Å². The van der Waals surface area contributed by atoms with Gasteiger partial charge >= 0.3 is 5.13 Å². The number of hydrogen-bond donors (Lipinski definition) is 1. The second-order valence-electron chi connectivity index (χ2n) is 6.88. The molecule has 2 N–H and O–H groups in total. The highest BCUT2D eigenvalue weighted by Crippen LogP contribution is 2.32. The summed E-state index contributed by atoms with van der Waals surface area (Å²) in [6.45, 7) is 8.04. The minimum atomic E-state index is -0.559. The number of azo groups is 1. The lowest BCUT2D eigenvalue weighted by atomic mass is 10.2. The molecule has 0 spiro atoms. The number of rotatable bonds is 10. The van der Waals surface area contributed by atoms with Crippen LogP contribution in [0.25, 0.3) is 10.2 Å². The van der Waals surface area contributed by atoms with Gasteiger partial charge in [0.15, 0.2) is 6.04 Å². The van der Waals surface area contributed by atoms with Crippen molar-refractivity contribution in [2.24, 2.45) is 16.0 Å². The summed E-state index contributed by atoms with van der Waals surface area (Å²) in [5.74, 6) is 0.912. The number of nitrogens with zero attached hydrogens (tertiary/aromatic N) is 4. The van der Waals surface area contributed by atoms with Crippen molar-refractivity contribution in [2.75, 3.05) is 30.5 Å². The number of ether oxygens (including phenoxy) is 1. The summed E-state index contributed by atoms with van der Waals surface area (Å²) < 4.78 is 8.36. The predicted molar refractivity (Wildman–Crippen MR) is 126 cm³/mol. The Morgan fingerprint density at radius 1 is 1.23 bits per heavy atom. The molecular formula is C22H27ClN5O2S+. The number of alkyl halides is 1. The maximum Gasteiger partial charge on any atom is 0.410 e. The van der Waals surface area contributed by atoms with E-state index in [9.17, 15) is 4.79 Å². The molecule has 0 aliphatic heterocycles. The molecule has 9 heteroatoms. The highest BCUT2D eigenvalue weighted by Gasteiger charge is 2.28. The number of benzene rings is 2. The molecular weight excluding hydrogens is 434 g/mol. The molecule has 0 saturated carbocycles. The van der Waals surface area contributed by atoms with E-state index >= 15 is 0 Å². The third-order valence-corrected chi connectivity index (χ3v) is 6.09. The van der Waals surface area contributed by atoms with E-state index in [2.05, 4.69) is 22.1 Å². The van der Waals surface area contributed by atoms with Crippen LogP contribution in [0.15, 0.2) is 52.7 Å². The number of carbonyl (C=O) groups is 1. The SMILES string of the molecule is CCOc1ccc2c(c1)sc(N=Nc1ccc(N(CC)CCCl)cc1)[n+]2C(C)C(N)=O. The highest BCUT2D eigenvalue weighted by molar-refractivity contribution is 7.21. The molecule has 1 amide bonds. The number of thiazole rings is 1. The minimum absolute atomic E-state index is 0.432. The van der Waals surface area contributed by atoms with Crippen molar-refractivity contribution < 1.29 is 14.1 Å². The van der Waals surface area contributed by atoms with Crippen LogP contribution in [0.5, 0.6) is 5.75 Å². The summed E-state index contributed by atoms with van der Waals surface area (Å²) in [4.78, 5) is 14.1.